The fourth-order valence-electron chi connectivity index (χ4n) is 2.96. The van der Waals surface area contributed by atoms with Gasteiger partial charge in [-0.15, -0.1) is 0 Å². The Bertz CT molecular complexity index is 575. The molecule has 1 saturated carbocycles. The van der Waals surface area contributed by atoms with Gasteiger partial charge in [-0.05, 0) is 38.8 Å². The van der Waals surface area contributed by atoms with Gasteiger partial charge in [0, 0.05) is 12.5 Å². The lowest BCUT2D eigenvalue weighted by molar-refractivity contribution is 0.270. The van der Waals surface area contributed by atoms with Crippen molar-refractivity contribution in [3.63, 3.8) is 0 Å². The summed E-state index contributed by atoms with van der Waals surface area (Å²) in [7, 11) is 1.97. The van der Waals surface area contributed by atoms with Crippen molar-refractivity contribution in [2.45, 2.75) is 50.5 Å². The average Bonchev–Trinajstić information content (AvgIpc) is 2.94. The van der Waals surface area contributed by atoms with Crippen LogP contribution < -0.4 is 5.32 Å². The molecule has 0 saturated heterocycles. The normalized spacial score (nSPS) is 18.2. The van der Waals surface area contributed by atoms with Crippen molar-refractivity contribution in [2.75, 3.05) is 7.05 Å². The topological polar surface area (TPSA) is 51.0 Å². The van der Waals surface area contributed by atoms with Crippen molar-refractivity contribution in [3.8, 4) is 0 Å². The Morgan fingerprint density at radius 1 is 1.29 bits per heavy atom. The SMILES string of the molecule is CNC(C)CCc1nc(C2(c3ccccc3)CCC2)no1. The predicted octanol–water partition coefficient (Wildman–Crippen LogP) is 3.08. The monoisotopic (exact) mass is 285 g/mol. The van der Waals surface area contributed by atoms with Gasteiger partial charge in [0.1, 0.15) is 0 Å². The summed E-state index contributed by atoms with van der Waals surface area (Å²) in [6.07, 6.45) is 5.30. The molecule has 0 aliphatic heterocycles. The van der Waals surface area contributed by atoms with E-state index in [1.54, 1.807) is 0 Å². The van der Waals surface area contributed by atoms with E-state index in [9.17, 15) is 0 Å². The highest BCUT2D eigenvalue weighted by atomic mass is 16.5. The third-order valence-electron chi connectivity index (χ3n) is 4.71. The van der Waals surface area contributed by atoms with Crippen LogP contribution in [0.5, 0.6) is 0 Å². The molecular weight excluding hydrogens is 262 g/mol. The van der Waals surface area contributed by atoms with E-state index >= 15 is 0 Å². The zero-order valence-corrected chi connectivity index (χ0v) is 12.8. The van der Waals surface area contributed by atoms with E-state index in [-0.39, 0.29) is 5.41 Å². The van der Waals surface area contributed by atoms with Crippen LogP contribution in [0.2, 0.25) is 0 Å². The Labute approximate surface area is 126 Å². The van der Waals surface area contributed by atoms with Gasteiger partial charge in [0.15, 0.2) is 5.82 Å². The third-order valence-corrected chi connectivity index (χ3v) is 4.71. The van der Waals surface area contributed by atoms with Gasteiger partial charge in [0.05, 0.1) is 5.41 Å². The molecular formula is C17H23N3O. The Morgan fingerprint density at radius 2 is 2.05 bits per heavy atom. The Kier molecular flexibility index (Phi) is 4.06. The molecule has 1 heterocycles. The molecule has 0 radical (unpaired) electrons. The molecule has 1 unspecified atom stereocenters. The van der Waals surface area contributed by atoms with E-state index in [0.29, 0.717) is 6.04 Å². The summed E-state index contributed by atoms with van der Waals surface area (Å²) in [5.41, 5.74) is 1.30. The van der Waals surface area contributed by atoms with E-state index in [0.717, 1.165) is 37.4 Å². The molecule has 4 nitrogen and oxygen atoms in total. The smallest absolute Gasteiger partial charge is 0.226 e. The summed E-state index contributed by atoms with van der Waals surface area (Å²) in [6.45, 7) is 2.16. The van der Waals surface area contributed by atoms with Gasteiger partial charge in [-0.3, -0.25) is 0 Å². The van der Waals surface area contributed by atoms with Gasteiger partial charge in [-0.1, -0.05) is 41.9 Å². The minimum absolute atomic E-state index is 0.0162. The zero-order chi connectivity index (χ0) is 14.7. The second-order valence-electron chi connectivity index (χ2n) is 6.04. The van der Waals surface area contributed by atoms with Crippen LogP contribution in [-0.2, 0) is 11.8 Å². The zero-order valence-electron chi connectivity index (χ0n) is 12.8. The first-order chi connectivity index (χ1) is 10.2. The standard InChI is InChI=1S/C17H23N3O/c1-13(18-2)9-10-15-19-16(20-21-15)17(11-6-12-17)14-7-4-3-5-8-14/h3-5,7-8,13,18H,6,9-12H2,1-2H3. The summed E-state index contributed by atoms with van der Waals surface area (Å²) >= 11 is 0. The van der Waals surface area contributed by atoms with Gasteiger partial charge < -0.3 is 9.84 Å². The lowest BCUT2D eigenvalue weighted by atomic mass is 9.64. The minimum atomic E-state index is -0.0162. The van der Waals surface area contributed by atoms with Crippen molar-refractivity contribution in [1.29, 1.82) is 0 Å². The molecule has 1 aromatic carbocycles. The molecule has 1 aromatic heterocycles. The lowest BCUT2D eigenvalue weighted by Crippen LogP contribution is -2.36. The first kappa shape index (κ1) is 14.3. The molecule has 1 aliphatic rings. The quantitative estimate of drug-likeness (QED) is 0.886. The summed E-state index contributed by atoms with van der Waals surface area (Å²) in [6, 6.07) is 11.1. The first-order valence-electron chi connectivity index (χ1n) is 7.80. The maximum atomic E-state index is 5.47. The van der Waals surface area contributed by atoms with E-state index < -0.39 is 0 Å². The number of aryl methyl sites for hydroxylation is 1. The van der Waals surface area contributed by atoms with Crippen LogP contribution in [0.4, 0.5) is 0 Å². The van der Waals surface area contributed by atoms with E-state index in [2.05, 4.69) is 52.7 Å². The number of nitrogens with zero attached hydrogens (tertiary/aromatic N) is 2. The van der Waals surface area contributed by atoms with Crippen molar-refractivity contribution < 1.29 is 4.52 Å². The van der Waals surface area contributed by atoms with E-state index in [4.69, 9.17) is 4.52 Å². The van der Waals surface area contributed by atoms with Crippen molar-refractivity contribution in [1.82, 2.24) is 15.5 Å². The second-order valence-corrected chi connectivity index (χ2v) is 6.04. The molecule has 0 spiro atoms. The first-order valence-corrected chi connectivity index (χ1v) is 7.80. The summed E-state index contributed by atoms with van der Waals surface area (Å²) in [5, 5.41) is 7.51. The molecule has 1 atom stereocenters. The molecule has 0 bridgehead atoms. The van der Waals surface area contributed by atoms with Crippen LogP contribution in [0, 0.1) is 0 Å². The largest absolute Gasteiger partial charge is 0.339 e. The highest BCUT2D eigenvalue weighted by Gasteiger charge is 2.44. The molecule has 3 rings (SSSR count). The minimum Gasteiger partial charge on any atom is -0.339 e. The van der Waals surface area contributed by atoms with Gasteiger partial charge >= 0.3 is 0 Å². The summed E-state index contributed by atoms with van der Waals surface area (Å²) in [4.78, 5) is 4.68. The van der Waals surface area contributed by atoms with Crippen LogP contribution in [0.1, 0.15) is 49.9 Å². The van der Waals surface area contributed by atoms with Crippen molar-refractivity contribution in [3.05, 3.63) is 47.6 Å². The van der Waals surface area contributed by atoms with Gasteiger partial charge in [-0.25, -0.2) is 0 Å². The van der Waals surface area contributed by atoms with Gasteiger partial charge in [0.2, 0.25) is 5.89 Å². The van der Waals surface area contributed by atoms with Gasteiger partial charge in [0.25, 0.3) is 0 Å². The summed E-state index contributed by atoms with van der Waals surface area (Å²) < 4.78 is 5.47. The Morgan fingerprint density at radius 3 is 2.67 bits per heavy atom. The average molecular weight is 285 g/mol. The third kappa shape index (κ3) is 2.72. The molecule has 4 heteroatoms. The fourth-order valence-corrected chi connectivity index (χ4v) is 2.96. The Balaban J connectivity index is 1.78. The van der Waals surface area contributed by atoms with Crippen LogP contribution >= 0.6 is 0 Å². The van der Waals surface area contributed by atoms with E-state index in [1.807, 2.05) is 7.05 Å². The van der Waals surface area contributed by atoms with Crippen molar-refractivity contribution in [2.24, 2.45) is 0 Å². The number of aromatic nitrogens is 2. The number of nitrogens with one attached hydrogen (secondary N) is 1. The maximum absolute atomic E-state index is 5.47. The number of rotatable bonds is 6. The molecule has 2 aromatic rings. The molecule has 1 fully saturated rings. The number of hydrogen-bond donors (Lipinski definition) is 1. The highest BCUT2D eigenvalue weighted by Crippen LogP contribution is 2.47. The van der Waals surface area contributed by atoms with Crippen molar-refractivity contribution >= 4 is 0 Å². The van der Waals surface area contributed by atoms with Gasteiger partial charge in [-0.2, -0.15) is 4.98 Å². The fraction of sp³-hybridized carbons (Fsp3) is 0.529. The second kappa shape index (κ2) is 5.98. The molecule has 112 valence electrons. The van der Waals surface area contributed by atoms with Crippen LogP contribution in [-0.4, -0.2) is 23.2 Å². The number of benzene rings is 1. The molecule has 0 amide bonds. The summed E-state index contributed by atoms with van der Waals surface area (Å²) in [5.74, 6) is 1.63. The molecule has 1 aliphatic carbocycles. The number of hydrogen-bond acceptors (Lipinski definition) is 4. The highest BCUT2D eigenvalue weighted by molar-refractivity contribution is 5.35. The predicted molar refractivity (Wildman–Crippen MR) is 82.2 cm³/mol. The maximum Gasteiger partial charge on any atom is 0.226 e. The Hall–Kier alpha value is -1.68. The van der Waals surface area contributed by atoms with E-state index in [1.165, 1.54) is 12.0 Å². The molecule has 21 heavy (non-hydrogen) atoms. The molecule has 1 N–H and O–H groups in total. The van der Waals surface area contributed by atoms with Crippen LogP contribution in [0.15, 0.2) is 34.9 Å². The lowest BCUT2D eigenvalue weighted by Gasteiger charge is -2.39. The van der Waals surface area contributed by atoms with Crippen LogP contribution in [0.25, 0.3) is 0 Å². The van der Waals surface area contributed by atoms with Crippen LogP contribution in [0.3, 0.4) is 0 Å².